The summed E-state index contributed by atoms with van der Waals surface area (Å²) in [6.45, 7) is 6.99. The van der Waals surface area contributed by atoms with E-state index in [4.69, 9.17) is 0 Å². The summed E-state index contributed by atoms with van der Waals surface area (Å²) in [6.07, 6.45) is 7.61. The van der Waals surface area contributed by atoms with Crippen molar-refractivity contribution < 1.29 is 0 Å². The van der Waals surface area contributed by atoms with E-state index in [1.807, 2.05) is 43.0 Å². The molecule has 0 amide bonds. The number of fused-ring (bicyclic) bond motifs is 1. The smallest absolute Gasteiger partial charge is 0.203 e. The number of hydrogen-bond acceptors (Lipinski definition) is 5. The fourth-order valence-corrected chi connectivity index (χ4v) is 2.88. The van der Waals surface area contributed by atoms with E-state index in [1.54, 1.807) is 0 Å². The van der Waals surface area contributed by atoms with Crippen LogP contribution < -0.4 is 4.90 Å². The Bertz CT molecular complexity index is 782. The molecule has 21 heavy (non-hydrogen) atoms. The van der Waals surface area contributed by atoms with E-state index >= 15 is 0 Å². The van der Waals surface area contributed by atoms with Crippen molar-refractivity contribution in [3.8, 4) is 0 Å². The van der Waals surface area contributed by atoms with Gasteiger partial charge in [-0.15, -0.1) is 10.2 Å². The number of aromatic nitrogens is 6. The van der Waals surface area contributed by atoms with Crippen LogP contribution in [0.1, 0.15) is 11.6 Å². The van der Waals surface area contributed by atoms with Gasteiger partial charge in [0.15, 0.2) is 5.82 Å². The van der Waals surface area contributed by atoms with Crippen LogP contribution in [0.15, 0.2) is 24.8 Å². The zero-order chi connectivity index (χ0) is 14.4. The first-order valence-corrected chi connectivity index (χ1v) is 7.11. The minimum atomic E-state index is 0.629. The van der Waals surface area contributed by atoms with Gasteiger partial charge in [0.2, 0.25) is 5.65 Å². The molecule has 0 aromatic carbocycles. The molecule has 1 aliphatic heterocycles. The van der Waals surface area contributed by atoms with Gasteiger partial charge in [0.05, 0.1) is 0 Å². The second-order valence-corrected chi connectivity index (χ2v) is 5.59. The third-order valence-electron chi connectivity index (χ3n) is 4.11. The maximum Gasteiger partial charge on any atom is 0.203 e. The van der Waals surface area contributed by atoms with E-state index in [0.29, 0.717) is 5.92 Å². The van der Waals surface area contributed by atoms with Crippen LogP contribution in [0, 0.1) is 19.8 Å². The molecule has 1 fully saturated rings. The Kier molecular flexibility index (Phi) is 2.66. The minimum absolute atomic E-state index is 0.629. The van der Waals surface area contributed by atoms with Crippen LogP contribution in [0.3, 0.4) is 0 Å². The number of hydrogen-bond donors (Lipinski definition) is 0. The van der Waals surface area contributed by atoms with Gasteiger partial charge in [-0.05, 0) is 13.8 Å². The Hall–Kier alpha value is -2.44. The summed E-state index contributed by atoms with van der Waals surface area (Å²) in [5.41, 5.74) is 0.840. The second kappa shape index (κ2) is 4.54. The third-order valence-corrected chi connectivity index (χ3v) is 4.11. The summed E-state index contributed by atoms with van der Waals surface area (Å²) in [5, 5.41) is 8.35. The Labute approximate surface area is 122 Å². The topological polar surface area (TPSA) is 64.1 Å². The summed E-state index contributed by atoms with van der Waals surface area (Å²) in [4.78, 5) is 11.0. The Balaban J connectivity index is 1.51. The Morgan fingerprint density at radius 2 is 1.86 bits per heavy atom. The molecule has 0 unspecified atom stereocenters. The second-order valence-electron chi connectivity index (χ2n) is 5.59. The highest BCUT2D eigenvalue weighted by molar-refractivity contribution is 5.64. The average molecular weight is 283 g/mol. The minimum Gasteiger partial charge on any atom is -0.353 e. The molecule has 1 saturated heterocycles. The SMILES string of the molecule is Cc1nccn1CC1CN(c2nccn3c(C)nnc23)C1. The van der Waals surface area contributed by atoms with Crippen LogP contribution in [0.25, 0.3) is 5.65 Å². The Morgan fingerprint density at radius 1 is 1.05 bits per heavy atom. The molecule has 0 bridgehead atoms. The van der Waals surface area contributed by atoms with Crippen LogP contribution in [0.5, 0.6) is 0 Å². The van der Waals surface area contributed by atoms with Crippen molar-refractivity contribution in [3.05, 3.63) is 36.4 Å². The molecule has 7 nitrogen and oxygen atoms in total. The van der Waals surface area contributed by atoms with Gasteiger partial charge in [-0.3, -0.25) is 4.40 Å². The highest BCUT2D eigenvalue weighted by atomic mass is 15.3. The summed E-state index contributed by atoms with van der Waals surface area (Å²) in [6, 6.07) is 0. The van der Waals surface area contributed by atoms with E-state index in [1.165, 1.54) is 0 Å². The lowest BCUT2D eigenvalue weighted by Gasteiger charge is -2.40. The lowest BCUT2D eigenvalue weighted by molar-refractivity contribution is 0.352. The van der Waals surface area contributed by atoms with E-state index in [2.05, 4.69) is 29.6 Å². The van der Waals surface area contributed by atoms with Gasteiger partial charge in [-0.25, -0.2) is 9.97 Å². The van der Waals surface area contributed by atoms with Gasteiger partial charge in [0.1, 0.15) is 11.6 Å². The maximum absolute atomic E-state index is 4.47. The summed E-state index contributed by atoms with van der Waals surface area (Å²) >= 11 is 0. The lowest BCUT2D eigenvalue weighted by atomic mass is 10.00. The predicted molar refractivity (Wildman–Crippen MR) is 78.2 cm³/mol. The van der Waals surface area contributed by atoms with Gasteiger partial charge in [0, 0.05) is 50.3 Å². The van der Waals surface area contributed by atoms with Crippen molar-refractivity contribution in [2.24, 2.45) is 5.92 Å². The molecule has 0 atom stereocenters. The molecule has 0 spiro atoms. The number of anilines is 1. The molecular weight excluding hydrogens is 266 g/mol. The zero-order valence-electron chi connectivity index (χ0n) is 12.1. The van der Waals surface area contributed by atoms with Crippen LogP contribution in [0.4, 0.5) is 5.82 Å². The summed E-state index contributed by atoms with van der Waals surface area (Å²) in [7, 11) is 0. The van der Waals surface area contributed by atoms with Gasteiger partial charge in [0.25, 0.3) is 0 Å². The quantitative estimate of drug-likeness (QED) is 0.719. The first-order chi connectivity index (χ1) is 10.2. The molecule has 0 N–H and O–H groups in total. The molecular formula is C14H17N7. The molecule has 0 aliphatic carbocycles. The van der Waals surface area contributed by atoms with Crippen molar-refractivity contribution >= 4 is 11.5 Å². The summed E-state index contributed by atoms with van der Waals surface area (Å²) in [5.74, 6) is 3.52. The predicted octanol–water partition coefficient (Wildman–Crippen LogP) is 1.07. The number of rotatable bonds is 3. The highest BCUT2D eigenvalue weighted by Gasteiger charge is 2.30. The summed E-state index contributed by atoms with van der Waals surface area (Å²) < 4.78 is 4.19. The van der Waals surface area contributed by atoms with Crippen molar-refractivity contribution in [3.63, 3.8) is 0 Å². The number of nitrogens with zero attached hydrogens (tertiary/aromatic N) is 7. The largest absolute Gasteiger partial charge is 0.353 e. The fourth-order valence-electron chi connectivity index (χ4n) is 2.88. The highest BCUT2D eigenvalue weighted by Crippen LogP contribution is 2.26. The first-order valence-electron chi connectivity index (χ1n) is 7.11. The molecule has 4 heterocycles. The first kappa shape index (κ1) is 12.3. The van der Waals surface area contributed by atoms with Gasteiger partial charge in [-0.1, -0.05) is 0 Å². The number of aryl methyl sites for hydroxylation is 2. The van der Waals surface area contributed by atoms with Crippen LogP contribution in [0.2, 0.25) is 0 Å². The molecule has 4 rings (SSSR count). The van der Waals surface area contributed by atoms with E-state index < -0.39 is 0 Å². The van der Waals surface area contributed by atoms with E-state index in [-0.39, 0.29) is 0 Å². The molecule has 7 heteroatoms. The normalized spacial score (nSPS) is 15.6. The number of imidazole rings is 1. The monoisotopic (exact) mass is 283 g/mol. The standard InChI is InChI=1S/C14H17N7/c1-10-15-3-5-19(10)7-12-8-20(9-12)13-14-18-17-11(2)21(14)6-4-16-13/h3-6,12H,7-9H2,1-2H3. The maximum atomic E-state index is 4.47. The van der Waals surface area contributed by atoms with E-state index in [9.17, 15) is 0 Å². The molecule has 0 radical (unpaired) electrons. The molecule has 0 saturated carbocycles. The van der Waals surface area contributed by atoms with Crippen molar-refractivity contribution in [2.75, 3.05) is 18.0 Å². The van der Waals surface area contributed by atoms with Crippen molar-refractivity contribution in [1.29, 1.82) is 0 Å². The van der Waals surface area contributed by atoms with Crippen LogP contribution in [-0.2, 0) is 6.54 Å². The molecule has 1 aliphatic rings. The average Bonchev–Trinajstić information content (AvgIpc) is 3.01. The third kappa shape index (κ3) is 1.96. The molecule has 3 aromatic heterocycles. The van der Waals surface area contributed by atoms with Crippen molar-refractivity contribution in [2.45, 2.75) is 20.4 Å². The van der Waals surface area contributed by atoms with Crippen LogP contribution in [-0.4, -0.2) is 42.2 Å². The molecule has 3 aromatic rings. The van der Waals surface area contributed by atoms with Gasteiger partial charge >= 0.3 is 0 Å². The van der Waals surface area contributed by atoms with Gasteiger partial charge in [-0.2, -0.15) is 0 Å². The lowest BCUT2D eigenvalue weighted by Crippen LogP contribution is -2.49. The fraction of sp³-hybridized carbons (Fsp3) is 0.429. The van der Waals surface area contributed by atoms with E-state index in [0.717, 1.165) is 42.7 Å². The van der Waals surface area contributed by atoms with Crippen molar-refractivity contribution in [1.82, 2.24) is 29.1 Å². The zero-order valence-corrected chi connectivity index (χ0v) is 12.1. The van der Waals surface area contributed by atoms with Gasteiger partial charge < -0.3 is 9.47 Å². The Morgan fingerprint density at radius 3 is 2.62 bits per heavy atom. The van der Waals surface area contributed by atoms with Crippen LogP contribution >= 0.6 is 0 Å². The molecule has 108 valence electrons.